The second-order valence-electron chi connectivity index (χ2n) is 7.14. The summed E-state index contributed by atoms with van der Waals surface area (Å²) >= 11 is 0. The van der Waals surface area contributed by atoms with Crippen molar-refractivity contribution in [3.63, 3.8) is 0 Å². The minimum atomic E-state index is -0.372. The van der Waals surface area contributed by atoms with E-state index in [0.29, 0.717) is 18.0 Å². The van der Waals surface area contributed by atoms with Crippen molar-refractivity contribution in [2.75, 3.05) is 13.1 Å². The van der Waals surface area contributed by atoms with Crippen molar-refractivity contribution in [2.24, 2.45) is 0 Å². The van der Waals surface area contributed by atoms with Crippen molar-refractivity contribution in [3.8, 4) is 11.4 Å². The quantitative estimate of drug-likeness (QED) is 0.906. The SMILES string of the molecule is CC(C)N1C(=O)N[C@@H]2CN(Cc3nc(-c4ccccc4F)no3)CC[C@@H]21. The number of hydrogen-bond donors (Lipinski definition) is 1. The summed E-state index contributed by atoms with van der Waals surface area (Å²) in [6.07, 6.45) is 0.899. The van der Waals surface area contributed by atoms with Gasteiger partial charge in [-0.1, -0.05) is 17.3 Å². The van der Waals surface area contributed by atoms with Crippen LogP contribution in [0.5, 0.6) is 0 Å². The maximum absolute atomic E-state index is 13.9. The van der Waals surface area contributed by atoms with E-state index >= 15 is 0 Å². The molecule has 0 unspecified atom stereocenters. The van der Waals surface area contributed by atoms with E-state index in [4.69, 9.17) is 4.52 Å². The molecule has 2 aliphatic rings. The van der Waals surface area contributed by atoms with Crippen LogP contribution in [0.25, 0.3) is 11.4 Å². The first kappa shape index (κ1) is 17.0. The number of likely N-dealkylation sites (tertiary alicyclic amines) is 1. The Morgan fingerprint density at radius 1 is 1.38 bits per heavy atom. The van der Waals surface area contributed by atoms with E-state index < -0.39 is 0 Å². The van der Waals surface area contributed by atoms with E-state index in [1.807, 2.05) is 18.7 Å². The van der Waals surface area contributed by atoms with Crippen LogP contribution in [0.4, 0.5) is 9.18 Å². The third-order valence-corrected chi connectivity index (χ3v) is 5.06. The van der Waals surface area contributed by atoms with Gasteiger partial charge in [0.1, 0.15) is 5.82 Å². The number of amides is 2. The zero-order valence-electron chi connectivity index (χ0n) is 14.9. The van der Waals surface area contributed by atoms with Gasteiger partial charge in [0, 0.05) is 19.1 Å². The van der Waals surface area contributed by atoms with Crippen LogP contribution in [0, 0.1) is 5.82 Å². The molecule has 2 saturated heterocycles. The van der Waals surface area contributed by atoms with Gasteiger partial charge < -0.3 is 14.7 Å². The molecule has 0 radical (unpaired) electrons. The number of halogens is 1. The molecule has 0 bridgehead atoms. The monoisotopic (exact) mass is 359 g/mol. The van der Waals surface area contributed by atoms with Crippen LogP contribution in [0.3, 0.4) is 0 Å². The Labute approximate surface area is 151 Å². The average molecular weight is 359 g/mol. The molecular weight excluding hydrogens is 337 g/mol. The van der Waals surface area contributed by atoms with Gasteiger partial charge in [-0.2, -0.15) is 4.98 Å². The Balaban J connectivity index is 1.42. The predicted octanol–water partition coefficient (Wildman–Crippen LogP) is 2.25. The molecule has 1 aromatic carbocycles. The lowest BCUT2D eigenvalue weighted by atomic mass is 9.99. The Morgan fingerprint density at radius 3 is 2.96 bits per heavy atom. The van der Waals surface area contributed by atoms with E-state index in [0.717, 1.165) is 19.5 Å². The van der Waals surface area contributed by atoms with Crippen molar-refractivity contribution in [1.29, 1.82) is 0 Å². The molecule has 2 fully saturated rings. The number of carbonyl (C=O) groups is 1. The molecule has 0 spiro atoms. The van der Waals surface area contributed by atoms with Crippen LogP contribution >= 0.6 is 0 Å². The lowest BCUT2D eigenvalue weighted by Gasteiger charge is -2.37. The molecule has 3 heterocycles. The summed E-state index contributed by atoms with van der Waals surface area (Å²) in [4.78, 5) is 20.6. The Morgan fingerprint density at radius 2 is 2.19 bits per heavy atom. The molecule has 0 saturated carbocycles. The number of nitrogens with one attached hydrogen (secondary N) is 1. The van der Waals surface area contributed by atoms with E-state index in [9.17, 15) is 9.18 Å². The van der Waals surface area contributed by atoms with Gasteiger partial charge in [-0.25, -0.2) is 9.18 Å². The molecule has 2 amide bonds. The standard InChI is InChI=1S/C18H22FN5O2/c1-11(2)24-15-7-8-23(9-14(15)20-18(24)25)10-16-21-17(22-26-16)12-5-3-4-6-13(12)19/h3-6,11,14-15H,7-10H2,1-2H3,(H,20,25)/t14-,15+/m1/s1. The second-order valence-corrected chi connectivity index (χ2v) is 7.14. The van der Waals surface area contributed by atoms with Crippen LogP contribution in [-0.4, -0.2) is 57.2 Å². The van der Waals surface area contributed by atoms with Gasteiger partial charge in [0.15, 0.2) is 0 Å². The van der Waals surface area contributed by atoms with E-state index in [2.05, 4.69) is 20.4 Å². The molecule has 138 valence electrons. The van der Waals surface area contributed by atoms with Crippen molar-refractivity contribution < 1.29 is 13.7 Å². The van der Waals surface area contributed by atoms with Gasteiger partial charge in [-0.3, -0.25) is 4.90 Å². The fourth-order valence-electron chi connectivity index (χ4n) is 3.89. The van der Waals surface area contributed by atoms with Crippen LogP contribution < -0.4 is 5.32 Å². The van der Waals surface area contributed by atoms with Gasteiger partial charge >= 0.3 is 6.03 Å². The summed E-state index contributed by atoms with van der Waals surface area (Å²) in [5, 5.41) is 6.97. The molecular formula is C18H22FN5O2. The number of urea groups is 1. The molecule has 8 heteroatoms. The maximum atomic E-state index is 13.9. The Kier molecular flexibility index (Phi) is 4.36. The maximum Gasteiger partial charge on any atom is 0.318 e. The van der Waals surface area contributed by atoms with Crippen LogP contribution in [0.2, 0.25) is 0 Å². The number of benzene rings is 1. The lowest BCUT2D eigenvalue weighted by molar-refractivity contribution is 0.114. The summed E-state index contributed by atoms with van der Waals surface area (Å²) in [5.41, 5.74) is 0.330. The molecule has 2 aliphatic heterocycles. The number of carbonyl (C=O) groups excluding carboxylic acids is 1. The van der Waals surface area contributed by atoms with Crippen molar-refractivity contribution in [3.05, 3.63) is 36.0 Å². The zero-order valence-corrected chi connectivity index (χ0v) is 14.9. The second kappa shape index (κ2) is 6.68. The molecule has 2 atom stereocenters. The first-order valence-corrected chi connectivity index (χ1v) is 8.91. The van der Waals surface area contributed by atoms with Gasteiger partial charge in [0.2, 0.25) is 11.7 Å². The molecule has 1 aromatic heterocycles. The molecule has 26 heavy (non-hydrogen) atoms. The van der Waals surface area contributed by atoms with E-state index in [1.165, 1.54) is 6.07 Å². The Hall–Kier alpha value is -2.48. The van der Waals surface area contributed by atoms with E-state index in [-0.39, 0.29) is 35.8 Å². The van der Waals surface area contributed by atoms with Crippen LogP contribution in [0.1, 0.15) is 26.2 Å². The average Bonchev–Trinajstić information content (AvgIpc) is 3.18. The van der Waals surface area contributed by atoms with Crippen molar-refractivity contribution >= 4 is 6.03 Å². The molecule has 2 aromatic rings. The van der Waals surface area contributed by atoms with E-state index in [1.54, 1.807) is 18.2 Å². The summed E-state index contributed by atoms with van der Waals surface area (Å²) < 4.78 is 19.2. The minimum Gasteiger partial charge on any atom is -0.338 e. The van der Waals surface area contributed by atoms with Crippen molar-refractivity contribution in [2.45, 2.75) is 44.9 Å². The van der Waals surface area contributed by atoms with Gasteiger partial charge in [-0.15, -0.1) is 0 Å². The normalized spacial score (nSPS) is 23.4. The summed E-state index contributed by atoms with van der Waals surface area (Å²) in [6.45, 7) is 6.14. The molecule has 4 rings (SSSR count). The highest BCUT2D eigenvalue weighted by atomic mass is 19.1. The predicted molar refractivity (Wildman–Crippen MR) is 92.7 cm³/mol. The molecule has 7 nitrogen and oxygen atoms in total. The highest BCUT2D eigenvalue weighted by Crippen LogP contribution is 2.26. The lowest BCUT2D eigenvalue weighted by Crippen LogP contribution is -2.51. The fourth-order valence-corrected chi connectivity index (χ4v) is 3.89. The highest BCUT2D eigenvalue weighted by molar-refractivity contribution is 5.78. The molecule has 1 N–H and O–H groups in total. The summed E-state index contributed by atoms with van der Waals surface area (Å²) in [7, 11) is 0. The number of rotatable bonds is 4. The Bertz CT molecular complexity index is 808. The van der Waals surface area contributed by atoms with Crippen molar-refractivity contribution in [1.82, 2.24) is 25.3 Å². The fraction of sp³-hybridized carbons (Fsp3) is 0.500. The minimum absolute atomic E-state index is 0.0106. The third kappa shape index (κ3) is 3.05. The first-order valence-electron chi connectivity index (χ1n) is 8.91. The number of nitrogens with zero attached hydrogens (tertiary/aromatic N) is 4. The number of fused-ring (bicyclic) bond motifs is 1. The van der Waals surface area contributed by atoms with Gasteiger partial charge in [0.05, 0.1) is 24.2 Å². The van der Waals surface area contributed by atoms with Crippen LogP contribution in [-0.2, 0) is 6.54 Å². The zero-order chi connectivity index (χ0) is 18.3. The van der Waals surface area contributed by atoms with Gasteiger partial charge in [0.25, 0.3) is 0 Å². The number of piperidine rings is 1. The molecule has 0 aliphatic carbocycles. The van der Waals surface area contributed by atoms with Gasteiger partial charge in [-0.05, 0) is 32.4 Å². The van der Waals surface area contributed by atoms with Crippen LogP contribution in [0.15, 0.2) is 28.8 Å². The third-order valence-electron chi connectivity index (χ3n) is 5.06. The first-order chi connectivity index (χ1) is 12.5. The topological polar surface area (TPSA) is 74.5 Å². The summed E-state index contributed by atoms with van der Waals surface area (Å²) in [5.74, 6) is 0.336. The summed E-state index contributed by atoms with van der Waals surface area (Å²) in [6, 6.07) is 6.90. The number of hydrogen-bond acceptors (Lipinski definition) is 5. The highest BCUT2D eigenvalue weighted by Gasteiger charge is 2.43. The number of aromatic nitrogens is 2. The largest absolute Gasteiger partial charge is 0.338 e. The smallest absolute Gasteiger partial charge is 0.318 e.